The Hall–Kier alpha value is -1.36. The van der Waals surface area contributed by atoms with E-state index in [1.165, 1.54) is 0 Å². The normalized spacial score (nSPS) is 16.2. The quantitative estimate of drug-likeness (QED) is 0.848. The third-order valence-corrected chi connectivity index (χ3v) is 4.35. The van der Waals surface area contributed by atoms with Crippen molar-refractivity contribution in [3.8, 4) is 0 Å². The van der Waals surface area contributed by atoms with Gasteiger partial charge in [-0.15, -0.1) is 0 Å². The first-order chi connectivity index (χ1) is 10.0. The molecule has 1 aromatic heterocycles. The molecule has 0 radical (unpaired) electrons. The third kappa shape index (κ3) is 4.06. The maximum atomic E-state index is 11.0. The Morgan fingerprint density at radius 3 is 2.62 bits per heavy atom. The van der Waals surface area contributed by atoms with Gasteiger partial charge >= 0.3 is 0 Å². The lowest BCUT2D eigenvalue weighted by Crippen LogP contribution is -2.36. The van der Waals surface area contributed by atoms with Crippen LogP contribution in [0.3, 0.4) is 0 Å². The summed E-state index contributed by atoms with van der Waals surface area (Å²) < 4.78 is 0. The van der Waals surface area contributed by atoms with Gasteiger partial charge in [0.2, 0.25) is 5.91 Å². The molecule has 1 aliphatic heterocycles. The van der Waals surface area contributed by atoms with E-state index in [0.717, 1.165) is 56.0 Å². The van der Waals surface area contributed by atoms with Crippen molar-refractivity contribution in [3.63, 3.8) is 0 Å². The fourth-order valence-electron chi connectivity index (χ4n) is 2.80. The van der Waals surface area contributed by atoms with Crippen LogP contribution in [0.25, 0.3) is 0 Å². The average molecular weight is 311 g/mol. The molecule has 0 unspecified atom stereocenters. The Kier molecular flexibility index (Phi) is 5.39. The molecule has 2 N–H and O–H groups in total. The molecule has 1 amide bonds. The van der Waals surface area contributed by atoms with Crippen molar-refractivity contribution in [1.82, 2.24) is 9.97 Å². The van der Waals surface area contributed by atoms with Crippen molar-refractivity contribution >= 4 is 23.3 Å². The second-order valence-corrected chi connectivity index (χ2v) is 6.09. The van der Waals surface area contributed by atoms with Gasteiger partial charge in [-0.1, -0.05) is 18.5 Å². The number of halogens is 1. The molecule has 0 spiro atoms. The zero-order valence-corrected chi connectivity index (χ0v) is 13.5. The third-order valence-electron chi connectivity index (χ3n) is 3.98. The summed E-state index contributed by atoms with van der Waals surface area (Å²) in [6, 6.07) is 0. The summed E-state index contributed by atoms with van der Waals surface area (Å²) in [6.07, 6.45) is 4.25. The molecular weight excluding hydrogens is 288 g/mol. The number of hydrogen-bond acceptors (Lipinski definition) is 4. The van der Waals surface area contributed by atoms with Gasteiger partial charge in [-0.3, -0.25) is 4.79 Å². The predicted octanol–water partition coefficient (Wildman–Crippen LogP) is 2.48. The van der Waals surface area contributed by atoms with E-state index in [1.807, 2.05) is 6.92 Å². The molecule has 1 saturated heterocycles. The zero-order chi connectivity index (χ0) is 15.4. The van der Waals surface area contributed by atoms with E-state index in [-0.39, 0.29) is 5.91 Å². The predicted molar refractivity (Wildman–Crippen MR) is 84.5 cm³/mol. The topological polar surface area (TPSA) is 72.1 Å². The average Bonchev–Trinajstić information content (AvgIpc) is 2.43. The van der Waals surface area contributed by atoms with Crippen molar-refractivity contribution in [2.75, 3.05) is 18.0 Å². The number of amides is 1. The molecular formula is C15H23ClN4O. The number of nitrogens with zero attached hydrogens (tertiary/aromatic N) is 3. The monoisotopic (exact) mass is 310 g/mol. The molecule has 1 fully saturated rings. The van der Waals surface area contributed by atoms with Crippen LogP contribution < -0.4 is 10.6 Å². The number of anilines is 1. The van der Waals surface area contributed by atoms with Gasteiger partial charge in [-0.05, 0) is 32.1 Å². The maximum absolute atomic E-state index is 11.0. The molecule has 0 aliphatic carbocycles. The van der Waals surface area contributed by atoms with Crippen LogP contribution in [0.5, 0.6) is 0 Å². The maximum Gasteiger partial charge on any atom is 0.217 e. The summed E-state index contributed by atoms with van der Waals surface area (Å²) in [5.41, 5.74) is 6.21. The number of aromatic nitrogens is 2. The lowest BCUT2D eigenvalue weighted by Gasteiger charge is -2.33. The van der Waals surface area contributed by atoms with Crippen molar-refractivity contribution in [3.05, 3.63) is 16.5 Å². The lowest BCUT2D eigenvalue weighted by molar-refractivity contribution is -0.119. The number of aryl methyl sites for hydroxylation is 1. The minimum Gasteiger partial charge on any atom is -0.370 e. The van der Waals surface area contributed by atoms with Crippen LogP contribution in [0.1, 0.15) is 44.0 Å². The summed E-state index contributed by atoms with van der Waals surface area (Å²) in [4.78, 5) is 22.3. The van der Waals surface area contributed by atoms with Gasteiger partial charge in [0.05, 0.1) is 0 Å². The SMILES string of the molecule is CCCc1nc(Cl)c(C)c(N2CCC(CC(N)=O)CC2)n1. The second-order valence-electron chi connectivity index (χ2n) is 5.73. The number of carbonyl (C=O) groups excluding carboxylic acids is 1. The van der Waals surface area contributed by atoms with Crippen molar-refractivity contribution in [1.29, 1.82) is 0 Å². The van der Waals surface area contributed by atoms with Crippen molar-refractivity contribution in [2.45, 2.75) is 46.0 Å². The van der Waals surface area contributed by atoms with Gasteiger partial charge in [0.25, 0.3) is 0 Å². The molecule has 0 saturated carbocycles. The molecule has 0 atom stereocenters. The van der Waals surface area contributed by atoms with Crippen LogP contribution in [0.2, 0.25) is 5.15 Å². The summed E-state index contributed by atoms with van der Waals surface area (Å²) in [5, 5.41) is 0.544. The fraction of sp³-hybridized carbons (Fsp3) is 0.667. The highest BCUT2D eigenvalue weighted by molar-refractivity contribution is 6.30. The number of piperidine rings is 1. The Morgan fingerprint density at radius 2 is 2.05 bits per heavy atom. The molecule has 5 nitrogen and oxygen atoms in total. The highest BCUT2D eigenvalue weighted by Gasteiger charge is 2.23. The van der Waals surface area contributed by atoms with Crippen LogP contribution in [0, 0.1) is 12.8 Å². The largest absolute Gasteiger partial charge is 0.370 e. The molecule has 116 valence electrons. The smallest absolute Gasteiger partial charge is 0.217 e. The van der Waals surface area contributed by atoms with E-state index in [4.69, 9.17) is 17.3 Å². The van der Waals surface area contributed by atoms with Gasteiger partial charge in [0.1, 0.15) is 16.8 Å². The number of hydrogen-bond donors (Lipinski definition) is 1. The summed E-state index contributed by atoms with van der Waals surface area (Å²) in [6.45, 7) is 5.84. The van der Waals surface area contributed by atoms with Gasteiger partial charge in [0, 0.05) is 31.5 Å². The number of carbonyl (C=O) groups is 1. The minimum atomic E-state index is -0.208. The molecule has 1 aliphatic rings. The van der Waals surface area contributed by atoms with E-state index in [0.29, 0.717) is 17.5 Å². The molecule has 1 aromatic rings. The number of primary amides is 1. The molecule has 6 heteroatoms. The van der Waals surface area contributed by atoms with Crippen LogP contribution in [0.15, 0.2) is 0 Å². The van der Waals surface area contributed by atoms with Crippen LogP contribution in [0.4, 0.5) is 5.82 Å². The number of rotatable bonds is 5. The van der Waals surface area contributed by atoms with E-state index < -0.39 is 0 Å². The Labute approximate surface area is 130 Å². The second kappa shape index (κ2) is 7.07. The molecule has 2 heterocycles. The van der Waals surface area contributed by atoms with E-state index >= 15 is 0 Å². The summed E-state index contributed by atoms with van der Waals surface area (Å²) in [7, 11) is 0. The van der Waals surface area contributed by atoms with Crippen molar-refractivity contribution < 1.29 is 4.79 Å². The van der Waals surface area contributed by atoms with Crippen LogP contribution in [-0.2, 0) is 11.2 Å². The first-order valence-electron chi connectivity index (χ1n) is 7.57. The van der Waals surface area contributed by atoms with E-state index in [1.54, 1.807) is 0 Å². The molecule has 2 rings (SSSR count). The lowest BCUT2D eigenvalue weighted by atomic mass is 9.93. The molecule has 0 bridgehead atoms. The zero-order valence-electron chi connectivity index (χ0n) is 12.7. The molecule has 0 aromatic carbocycles. The summed E-state index contributed by atoms with van der Waals surface area (Å²) >= 11 is 6.23. The Morgan fingerprint density at radius 1 is 1.38 bits per heavy atom. The van der Waals surface area contributed by atoms with Crippen LogP contribution >= 0.6 is 11.6 Å². The van der Waals surface area contributed by atoms with Crippen LogP contribution in [-0.4, -0.2) is 29.0 Å². The van der Waals surface area contributed by atoms with Crippen molar-refractivity contribution in [2.24, 2.45) is 11.7 Å². The minimum absolute atomic E-state index is 0.208. The Bertz CT molecular complexity index is 513. The van der Waals surface area contributed by atoms with E-state index in [2.05, 4.69) is 21.8 Å². The molecule has 21 heavy (non-hydrogen) atoms. The van der Waals surface area contributed by atoms with E-state index in [9.17, 15) is 4.79 Å². The van der Waals surface area contributed by atoms with Gasteiger partial charge < -0.3 is 10.6 Å². The number of nitrogens with two attached hydrogens (primary N) is 1. The van der Waals surface area contributed by atoms with Gasteiger partial charge in [-0.25, -0.2) is 9.97 Å². The first kappa shape index (κ1) is 16.0. The highest BCUT2D eigenvalue weighted by atomic mass is 35.5. The summed E-state index contributed by atoms with van der Waals surface area (Å²) in [5.74, 6) is 1.93. The standard InChI is InChI=1S/C15H23ClN4O/c1-3-4-13-18-14(16)10(2)15(19-13)20-7-5-11(6-8-20)9-12(17)21/h11H,3-9H2,1-2H3,(H2,17,21). The first-order valence-corrected chi connectivity index (χ1v) is 7.95. The Balaban J connectivity index is 2.10. The van der Waals surface area contributed by atoms with Gasteiger partial charge in [-0.2, -0.15) is 0 Å². The van der Waals surface area contributed by atoms with Gasteiger partial charge in [0.15, 0.2) is 0 Å². The fourth-order valence-corrected chi connectivity index (χ4v) is 2.98. The highest BCUT2D eigenvalue weighted by Crippen LogP contribution is 2.28.